The number of nitrogens with one attached hydrogen (secondary N) is 2. The highest BCUT2D eigenvalue weighted by Gasteiger charge is 2.32. The van der Waals surface area contributed by atoms with Crippen LogP contribution in [-0.4, -0.2) is 57.8 Å². The van der Waals surface area contributed by atoms with Crippen LogP contribution in [0, 0.1) is 0 Å². The summed E-state index contributed by atoms with van der Waals surface area (Å²) in [7, 11) is 0. The molecule has 7 heteroatoms. The number of hydrogen-bond acceptors (Lipinski definition) is 5. The number of piperidine rings is 1. The van der Waals surface area contributed by atoms with Crippen LogP contribution in [0.15, 0.2) is 60.9 Å². The predicted octanol–water partition coefficient (Wildman–Crippen LogP) is 3.85. The van der Waals surface area contributed by atoms with Crippen molar-refractivity contribution in [2.75, 3.05) is 31.5 Å². The number of amides is 2. The number of aliphatic hydroxyl groups is 1. The van der Waals surface area contributed by atoms with Gasteiger partial charge in [0, 0.05) is 50.4 Å². The van der Waals surface area contributed by atoms with Gasteiger partial charge in [0.1, 0.15) is 0 Å². The number of carbonyl (C=O) groups is 1. The van der Waals surface area contributed by atoms with Gasteiger partial charge in [-0.3, -0.25) is 0 Å². The molecule has 2 aromatic heterocycles. The van der Waals surface area contributed by atoms with Gasteiger partial charge in [-0.1, -0.05) is 44.2 Å². The summed E-state index contributed by atoms with van der Waals surface area (Å²) in [5.74, 6) is 0. The Morgan fingerprint density at radius 1 is 1.03 bits per heavy atom. The van der Waals surface area contributed by atoms with Crippen LogP contribution >= 0.6 is 0 Å². The minimum atomic E-state index is -0.640. The molecule has 1 aromatic carbocycles. The van der Waals surface area contributed by atoms with E-state index in [1.807, 2.05) is 44.2 Å². The van der Waals surface area contributed by atoms with Crippen LogP contribution in [0.4, 0.5) is 10.5 Å². The summed E-state index contributed by atoms with van der Waals surface area (Å²) in [6.45, 7) is 6.96. The number of aromatic nitrogens is 2. The van der Waals surface area contributed by atoms with Crippen molar-refractivity contribution in [3.05, 3.63) is 66.5 Å². The van der Waals surface area contributed by atoms with Gasteiger partial charge in [0.05, 0.1) is 11.3 Å². The quantitative estimate of drug-likeness (QED) is 0.547. The molecule has 0 atom stereocenters. The monoisotopic (exact) mass is 435 g/mol. The van der Waals surface area contributed by atoms with Crippen molar-refractivity contribution >= 4 is 22.8 Å². The van der Waals surface area contributed by atoms with Crippen LogP contribution in [0.1, 0.15) is 32.3 Å². The molecule has 3 aromatic rings. The standard InChI is InChI=1S/C23H27N5O2.C2H6/c29-22(27-20-8-12-25-21-19(20)7-4-11-24-21)26-13-16-28-14-9-23(30,10-15-28)17-18-5-2-1-3-6-18;1-2/h1-8,11-12,30H,9-10,13-17H2,(H2,24,25,26,27,29);1-2H3. The molecule has 4 rings (SSSR count). The fourth-order valence-electron chi connectivity index (χ4n) is 3.93. The Hall–Kier alpha value is -3.03. The van der Waals surface area contributed by atoms with E-state index in [1.165, 1.54) is 5.56 Å². The Morgan fingerprint density at radius 2 is 1.75 bits per heavy atom. The number of likely N-dealkylation sites (tertiary alicyclic amines) is 1. The van der Waals surface area contributed by atoms with Crippen molar-refractivity contribution in [2.45, 2.75) is 38.7 Å². The summed E-state index contributed by atoms with van der Waals surface area (Å²) in [4.78, 5) is 23.0. The van der Waals surface area contributed by atoms with Gasteiger partial charge in [-0.05, 0) is 36.6 Å². The molecule has 32 heavy (non-hydrogen) atoms. The molecule has 0 unspecified atom stereocenters. The molecule has 3 heterocycles. The lowest BCUT2D eigenvalue weighted by molar-refractivity contribution is -0.0201. The van der Waals surface area contributed by atoms with Crippen LogP contribution in [0.25, 0.3) is 11.0 Å². The van der Waals surface area contributed by atoms with Gasteiger partial charge in [-0.2, -0.15) is 0 Å². The third-order valence-electron chi connectivity index (χ3n) is 5.64. The van der Waals surface area contributed by atoms with E-state index in [1.54, 1.807) is 18.5 Å². The van der Waals surface area contributed by atoms with Crippen molar-refractivity contribution in [1.82, 2.24) is 20.2 Å². The van der Waals surface area contributed by atoms with Crippen molar-refractivity contribution < 1.29 is 9.90 Å². The lowest BCUT2D eigenvalue weighted by Gasteiger charge is -2.38. The number of pyridine rings is 2. The van der Waals surface area contributed by atoms with E-state index in [4.69, 9.17) is 0 Å². The third-order valence-corrected chi connectivity index (χ3v) is 5.64. The van der Waals surface area contributed by atoms with E-state index in [-0.39, 0.29) is 6.03 Å². The Labute approximate surface area is 189 Å². The maximum absolute atomic E-state index is 12.3. The topological polar surface area (TPSA) is 90.4 Å². The first kappa shape index (κ1) is 23.6. The second-order valence-electron chi connectivity index (χ2n) is 7.84. The summed E-state index contributed by atoms with van der Waals surface area (Å²) >= 11 is 0. The second kappa shape index (κ2) is 11.5. The smallest absolute Gasteiger partial charge is 0.319 e. The molecule has 0 radical (unpaired) electrons. The SMILES string of the molecule is CC.O=C(NCCN1CCC(O)(Cc2ccccc2)CC1)Nc1ccnc2ncccc12. The van der Waals surface area contributed by atoms with Gasteiger partial charge >= 0.3 is 6.03 Å². The van der Waals surface area contributed by atoms with Gasteiger partial charge < -0.3 is 20.6 Å². The molecule has 170 valence electrons. The number of fused-ring (bicyclic) bond motifs is 1. The highest BCUT2D eigenvalue weighted by molar-refractivity contribution is 5.98. The van der Waals surface area contributed by atoms with E-state index in [9.17, 15) is 9.90 Å². The zero-order valence-electron chi connectivity index (χ0n) is 18.9. The molecule has 2 amide bonds. The van der Waals surface area contributed by atoms with Crippen LogP contribution in [0.2, 0.25) is 0 Å². The molecule has 1 aliphatic rings. The Kier molecular flexibility index (Phi) is 8.53. The van der Waals surface area contributed by atoms with E-state index < -0.39 is 5.60 Å². The highest BCUT2D eigenvalue weighted by atomic mass is 16.3. The largest absolute Gasteiger partial charge is 0.389 e. The van der Waals surface area contributed by atoms with Crippen LogP contribution < -0.4 is 10.6 Å². The maximum Gasteiger partial charge on any atom is 0.319 e. The summed E-state index contributed by atoms with van der Waals surface area (Å²) in [6, 6.07) is 15.4. The Balaban J connectivity index is 0.00000141. The van der Waals surface area contributed by atoms with E-state index >= 15 is 0 Å². The average Bonchev–Trinajstić information content (AvgIpc) is 2.83. The number of hydrogen-bond donors (Lipinski definition) is 3. The van der Waals surface area contributed by atoms with Crippen LogP contribution in [0.3, 0.4) is 0 Å². The summed E-state index contributed by atoms with van der Waals surface area (Å²) in [5, 5.41) is 17.5. The second-order valence-corrected chi connectivity index (χ2v) is 7.84. The first-order valence-electron chi connectivity index (χ1n) is 11.3. The van der Waals surface area contributed by atoms with Gasteiger partial charge in [0.15, 0.2) is 5.65 Å². The van der Waals surface area contributed by atoms with Crippen molar-refractivity contribution in [3.8, 4) is 0 Å². The molecular weight excluding hydrogens is 402 g/mol. The minimum Gasteiger partial charge on any atom is -0.389 e. The van der Waals surface area contributed by atoms with E-state index in [0.717, 1.165) is 37.9 Å². The summed E-state index contributed by atoms with van der Waals surface area (Å²) in [5.41, 5.74) is 1.82. The van der Waals surface area contributed by atoms with Crippen LogP contribution in [-0.2, 0) is 6.42 Å². The number of benzene rings is 1. The first-order valence-corrected chi connectivity index (χ1v) is 11.3. The highest BCUT2D eigenvalue weighted by Crippen LogP contribution is 2.26. The lowest BCUT2D eigenvalue weighted by atomic mass is 9.85. The zero-order chi connectivity index (χ0) is 22.8. The number of carbonyl (C=O) groups excluding carboxylic acids is 1. The summed E-state index contributed by atoms with van der Waals surface area (Å²) < 4.78 is 0. The molecule has 1 saturated heterocycles. The van der Waals surface area contributed by atoms with Gasteiger partial charge in [-0.25, -0.2) is 14.8 Å². The van der Waals surface area contributed by atoms with E-state index in [2.05, 4.69) is 37.6 Å². The molecule has 3 N–H and O–H groups in total. The predicted molar refractivity (Wildman–Crippen MR) is 129 cm³/mol. The molecule has 1 aliphatic heterocycles. The molecular formula is C25H33N5O2. The Morgan fingerprint density at radius 3 is 2.50 bits per heavy atom. The zero-order valence-corrected chi connectivity index (χ0v) is 18.9. The molecule has 7 nitrogen and oxygen atoms in total. The first-order chi connectivity index (χ1) is 15.6. The Bertz CT molecular complexity index is 983. The lowest BCUT2D eigenvalue weighted by Crippen LogP contribution is -2.47. The third kappa shape index (κ3) is 6.48. The van der Waals surface area contributed by atoms with Crippen molar-refractivity contribution in [2.24, 2.45) is 0 Å². The van der Waals surface area contributed by atoms with Gasteiger partial charge in [0.25, 0.3) is 0 Å². The molecule has 0 spiro atoms. The molecule has 0 aliphatic carbocycles. The van der Waals surface area contributed by atoms with Crippen LogP contribution in [0.5, 0.6) is 0 Å². The number of anilines is 1. The van der Waals surface area contributed by atoms with Gasteiger partial charge in [-0.15, -0.1) is 0 Å². The fraction of sp³-hybridized carbons (Fsp3) is 0.400. The number of rotatable bonds is 6. The summed E-state index contributed by atoms with van der Waals surface area (Å²) in [6.07, 6.45) is 5.49. The van der Waals surface area contributed by atoms with Crippen molar-refractivity contribution in [1.29, 1.82) is 0 Å². The van der Waals surface area contributed by atoms with E-state index in [0.29, 0.717) is 24.3 Å². The average molecular weight is 436 g/mol. The molecule has 0 bridgehead atoms. The normalized spacial score (nSPS) is 15.5. The van der Waals surface area contributed by atoms with Gasteiger partial charge in [0.2, 0.25) is 0 Å². The van der Waals surface area contributed by atoms with Crippen molar-refractivity contribution in [3.63, 3.8) is 0 Å². The number of urea groups is 1. The molecule has 1 fully saturated rings. The number of nitrogens with zero attached hydrogens (tertiary/aromatic N) is 3. The minimum absolute atomic E-state index is 0.246. The fourth-order valence-corrected chi connectivity index (χ4v) is 3.93. The maximum atomic E-state index is 12.3. The molecule has 0 saturated carbocycles.